The second-order valence-electron chi connectivity index (χ2n) is 4.56. The molecule has 0 aliphatic rings. The van der Waals surface area contributed by atoms with Gasteiger partial charge in [0.15, 0.2) is 0 Å². The minimum absolute atomic E-state index is 0.405. The van der Waals surface area contributed by atoms with Crippen LogP contribution < -0.4 is 10.1 Å². The average molecular weight is 287 g/mol. The third kappa shape index (κ3) is 3.95. The van der Waals surface area contributed by atoms with Crippen LogP contribution >= 0.6 is 11.3 Å². The van der Waals surface area contributed by atoms with Gasteiger partial charge < -0.3 is 10.1 Å². The molecule has 3 heteroatoms. The van der Waals surface area contributed by atoms with Crippen LogP contribution in [-0.4, -0.2) is 6.61 Å². The third-order valence-corrected chi connectivity index (χ3v) is 4.15. The summed E-state index contributed by atoms with van der Waals surface area (Å²) in [7, 11) is 0. The van der Waals surface area contributed by atoms with E-state index in [4.69, 9.17) is 4.74 Å². The van der Waals surface area contributed by atoms with Crippen molar-refractivity contribution in [3.05, 3.63) is 64.9 Å². The third-order valence-electron chi connectivity index (χ3n) is 3.16. The Labute approximate surface area is 125 Å². The first-order valence-corrected chi connectivity index (χ1v) is 7.81. The highest BCUT2D eigenvalue weighted by atomic mass is 32.1. The molecule has 2 aromatic rings. The van der Waals surface area contributed by atoms with Gasteiger partial charge in [-0.3, -0.25) is 0 Å². The van der Waals surface area contributed by atoms with Gasteiger partial charge in [0, 0.05) is 23.0 Å². The number of ether oxygens (including phenoxy) is 1. The van der Waals surface area contributed by atoms with Crippen LogP contribution in [0.25, 0.3) is 0 Å². The first-order chi connectivity index (χ1) is 9.85. The van der Waals surface area contributed by atoms with E-state index in [2.05, 4.69) is 42.4 Å². The van der Waals surface area contributed by atoms with E-state index in [9.17, 15) is 0 Å². The van der Waals surface area contributed by atoms with Crippen LogP contribution in [0.1, 0.15) is 29.8 Å². The molecule has 0 spiro atoms. The van der Waals surface area contributed by atoms with Gasteiger partial charge in [0.25, 0.3) is 0 Å². The molecule has 2 nitrogen and oxygen atoms in total. The summed E-state index contributed by atoms with van der Waals surface area (Å²) < 4.78 is 5.69. The molecule has 0 aliphatic heterocycles. The molecule has 0 saturated heterocycles. The van der Waals surface area contributed by atoms with Crippen molar-refractivity contribution in [1.29, 1.82) is 0 Å². The fourth-order valence-corrected chi connectivity index (χ4v) is 2.99. The molecule has 0 amide bonds. The summed E-state index contributed by atoms with van der Waals surface area (Å²) in [5.74, 6) is 0.931. The quantitative estimate of drug-likeness (QED) is 0.719. The number of thiophene rings is 1. The van der Waals surface area contributed by atoms with Crippen LogP contribution in [0.2, 0.25) is 0 Å². The van der Waals surface area contributed by atoms with Crippen LogP contribution in [0.4, 0.5) is 0 Å². The van der Waals surface area contributed by atoms with Crippen LogP contribution in [-0.2, 0) is 6.54 Å². The molecular weight excluding hydrogens is 266 g/mol. The zero-order chi connectivity index (χ0) is 14.2. The van der Waals surface area contributed by atoms with Crippen molar-refractivity contribution in [1.82, 2.24) is 5.32 Å². The van der Waals surface area contributed by atoms with E-state index in [-0.39, 0.29) is 0 Å². The van der Waals surface area contributed by atoms with Gasteiger partial charge in [0.05, 0.1) is 0 Å². The molecule has 1 atom stereocenters. The van der Waals surface area contributed by atoms with E-state index >= 15 is 0 Å². The molecule has 1 aromatic carbocycles. The van der Waals surface area contributed by atoms with Crippen molar-refractivity contribution in [2.75, 3.05) is 6.61 Å². The monoisotopic (exact) mass is 287 g/mol. The second kappa shape index (κ2) is 7.88. The van der Waals surface area contributed by atoms with E-state index in [0.717, 1.165) is 18.7 Å². The fraction of sp³-hybridized carbons (Fsp3) is 0.294. The number of benzene rings is 1. The first kappa shape index (κ1) is 14.8. The van der Waals surface area contributed by atoms with E-state index in [1.807, 2.05) is 18.2 Å². The molecule has 1 heterocycles. The van der Waals surface area contributed by atoms with Gasteiger partial charge in [-0.2, -0.15) is 0 Å². The summed E-state index contributed by atoms with van der Waals surface area (Å²) in [6.45, 7) is 7.24. The van der Waals surface area contributed by atoms with E-state index < -0.39 is 0 Å². The van der Waals surface area contributed by atoms with Crippen molar-refractivity contribution in [3.8, 4) is 5.75 Å². The van der Waals surface area contributed by atoms with Crippen LogP contribution in [0.15, 0.2) is 54.4 Å². The molecule has 1 unspecified atom stereocenters. The summed E-state index contributed by atoms with van der Waals surface area (Å²) in [5, 5.41) is 5.74. The van der Waals surface area contributed by atoms with E-state index in [1.54, 1.807) is 17.4 Å². The number of hydrogen-bond donors (Lipinski definition) is 1. The summed E-state index contributed by atoms with van der Waals surface area (Å²) in [5.41, 5.74) is 1.18. The average Bonchev–Trinajstić information content (AvgIpc) is 3.01. The highest BCUT2D eigenvalue weighted by molar-refractivity contribution is 7.10. The SMILES string of the molecule is C=CCOc1ccccc1CNC(CC)c1cccs1. The van der Waals surface area contributed by atoms with Gasteiger partial charge >= 0.3 is 0 Å². The molecule has 0 radical (unpaired) electrons. The predicted molar refractivity (Wildman–Crippen MR) is 86.3 cm³/mol. The molecule has 2 rings (SSSR count). The maximum absolute atomic E-state index is 5.69. The van der Waals surface area contributed by atoms with Crippen molar-refractivity contribution in [2.45, 2.75) is 25.9 Å². The van der Waals surface area contributed by atoms with Gasteiger partial charge in [0.1, 0.15) is 12.4 Å². The molecule has 1 aromatic heterocycles. The molecule has 106 valence electrons. The second-order valence-corrected chi connectivity index (χ2v) is 5.54. The molecule has 0 fully saturated rings. The first-order valence-electron chi connectivity index (χ1n) is 6.93. The molecule has 0 bridgehead atoms. The van der Waals surface area contributed by atoms with E-state index in [1.165, 1.54) is 10.4 Å². The Bertz CT molecular complexity index is 522. The van der Waals surface area contributed by atoms with Gasteiger partial charge in [0.2, 0.25) is 0 Å². The normalized spacial score (nSPS) is 12.1. The van der Waals surface area contributed by atoms with Gasteiger partial charge in [-0.1, -0.05) is 43.8 Å². The number of para-hydroxylation sites is 1. The van der Waals surface area contributed by atoms with Crippen molar-refractivity contribution < 1.29 is 4.74 Å². The van der Waals surface area contributed by atoms with Crippen molar-refractivity contribution in [3.63, 3.8) is 0 Å². The fourth-order valence-electron chi connectivity index (χ4n) is 2.11. The maximum atomic E-state index is 5.69. The molecule has 0 aliphatic carbocycles. The Kier molecular flexibility index (Phi) is 5.84. The zero-order valence-corrected chi connectivity index (χ0v) is 12.7. The standard InChI is InChI=1S/C17H21NOS/c1-3-11-19-16-9-6-5-8-14(16)13-18-15(4-2)17-10-7-12-20-17/h3,5-10,12,15,18H,1,4,11,13H2,2H3. The van der Waals surface area contributed by atoms with Crippen LogP contribution in [0.5, 0.6) is 5.75 Å². The predicted octanol–water partition coefficient (Wildman–Crippen LogP) is 4.55. The lowest BCUT2D eigenvalue weighted by atomic mass is 10.1. The summed E-state index contributed by atoms with van der Waals surface area (Å²) in [4.78, 5) is 1.39. The minimum atomic E-state index is 0.405. The lowest BCUT2D eigenvalue weighted by Crippen LogP contribution is -2.19. The Balaban J connectivity index is 2.00. The smallest absolute Gasteiger partial charge is 0.124 e. The molecule has 20 heavy (non-hydrogen) atoms. The number of rotatable bonds is 8. The highest BCUT2D eigenvalue weighted by Crippen LogP contribution is 2.24. The largest absolute Gasteiger partial charge is 0.489 e. The number of hydrogen-bond acceptors (Lipinski definition) is 3. The zero-order valence-electron chi connectivity index (χ0n) is 11.8. The summed E-state index contributed by atoms with van der Waals surface area (Å²) in [6.07, 6.45) is 2.85. The van der Waals surface area contributed by atoms with Crippen molar-refractivity contribution >= 4 is 11.3 Å². The summed E-state index contributed by atoms with van der Waals surface area (Å²) >= 11 is 1.80. The summed E-state index contributed by atoms with van der Waals surface area (Å²) in [6, 6.07) is 12.8. The topological polar surface area (TPSA) is 21.3 Å². The Morgan fingerprint density at radius 2 is 2.15 bits per heavy atom. The Morgan fingerprint density at radius 1 is 1.30 bits per heavy atom. The van der Waals surface area contributed by atoms with Crippen molar-refractivity contribution in [2.24, 2.45) is 0 Å². The lowest BCUT2D eigenvalue weighted by Gasteiger charge is -2.17. The van der Waals surface area contributed by atoms with E-state index in [0.29, 0.717) is 12.6 Å². The molecule has 1 N–H and O–H groups in total. The van der Waals surface area contributed by atoms with Gasteiger partial charge in [-0.25, -0.2) is 0 Å². The molecular formula is C17H21NOS. The van der Waals surface area contributed by atoms with Crippen LogP contribution in [0.3, 0.4) is 0 Å². The van der Waals surface area contributed by atoms with Gasteiger partial charge in [-0.05, 0) is 23.9 Å². The Morgan fingerprint density at radius 3 is 2.85 bits per heavy atom. The van der Waals surface area contributed by atoms with Crippen LogP contribution in [0, 0.1) is 0 Å². The van der Waals surface area contributed by atoms with Gasteiger partial charge in [-0.15, -0.1) is 11.3 Å². The maximum Gasteiger partial charge on any atom is 0.124 e. The minimum Gasteiger partial charge on any atom is -0.489 e. The lowest BCUT2D eigenvalue weighted by molar-refractivity contribution is 0.356. The number of nitrogens with one attached hydrogen (secondary N) is 1. The molecule has 0 saturated carbocycles. The highest BCUT2D eigenvalue weighted by Gasteiger charge is 2.10. The Hall–Kier alpha value is -1.58.